The molecule has 0 saturated heterocycles. The number of allylic oxidation sites excluding steroid dienone is 1. The van der Waals surface area contributed by atoms with Gasteiger partial charge >= 0.3 is 5.97 Å². The van der Waals surface area contributed by atoms with Crippen molar-refractivity contribution in [3.05, 3.63) is 12.7 Å². The number of Topliss-reactive ketones (excluding diaryl/α,β-unsaturated/α-hetero) is 1. The fourth-order valence-electron chi connectivity index (χ4n) is 2.26. The molecule has 0 radical (unpaired) electrons. The molecule has 1 aliphatic carbocycles. The van der Waals surface area contributed by atoms with Crippen LogP contribution in [-0.2, 0) is 14.3 Å². The van der Waals surface area contributed by atoms with Crippen LogP contribution in [0, 0.1) is 5.41 Å². The van der Waals surface area contributed by atoms with E-state index in [1.54, 1.807) is 0 Å². The molecule has 0 heterocycles. The average Bonchev–Trinajstić information content (AvgIpc) is 2.61. The summed E-state index contributed by atoms with van der Waals surface area (Å²) in [6.45, 7) is 3.63. The third-order valence-electron chi connectivity index (χ3n) is 3.13. The van der Waals surface area contributed by atoms with E-state index in [4.69, 9.17) is 4.74 Å². The van der Waals surface area contributed by atoms with Gasteiger partial charge in [0, 0.05) is 6.42 Å². The zero-order valence-electron chi connectivity index (χ0n) is 9.25. The van der Waals surface area contributed by atoms with Crippen molar-refractivity contribution >= 4 is 11.8 Å². The van der Waals surface area contributed by atoms with Crippen molar-refractivity contribution in [2.75, 3.05) is 7.11 Å². The van der Waals surface area contributed by atoms with Crippen LogP contribution in [0.15, 0.2) is 12.7 Å². The molecule has 3 heteroatoms. The second kappa shape index (κ2) is 5.10. The van der Waals surface area contributed by atoms with Gasteiger partial charge in [-0.25, -0.2) is 0 Å². The van der Waals surface area contributed by atoms with Gasteiger partial charge in [-0.1, -0.05) is 6.08 Å². The third-order valence-corrected chi connectivity index (χ3v) is 3.13. The molecule has 3 nitrogen and oxygen atoms in total. The summed E-state index contributed by atoms with van der Waals surface area (Å²) in [5, 5.41) is 0. The number of carbonyl (C=O) groups is 2. The van der Waals surface area contributed by atoms with E-state index in [1.807, 2.05) is 6.08 Å². The molecular formula is C12H18O3. The fraction of sp³-hybridized carbons (Fsp3) is 0.667. The molecule has 15 heavy (non-hydrogen) atoms. The Labute approximate surface area is 90.5 Å². The Morgan fingerprint density at radius 1 is 1.67 bits per heavy atom. The topological polar surface area (TPSA) is 43.4 Å². The molecule has 0 amide bonds. The smallest absolute Gasteiger partial charge is 0.319 e. The van der Waals surface area contributed by atoms with Crippen LogP contribution >= 0.6 is 0 Å². The molecule has 0 aromatic heterocycles. The van der Waals surface area contributed by atoms with E-state index in [1.165, 1.54) is 7.11 Å². The first kappa shape index (κ1) is 12.0. The van der Waals surface area contributed by atoms with E-state index in [0.29, 0.717) is 19.3 Å². The van der Waals surface area contributed by atoms with Gasteiger partial charge in [0.25, 0.3) is 0 Å². The van der Waals surface area contributed by atoms with Gasteiger partial charge in [-0.2, -0.15) is 0 Å². The predicted octanol–water partition coefficient (Wildman–Crippen LogP) is 2.26. The number of hydrogen-bond acceptors (Lipinski definition) is 3. The number of carbonyl (C=O) groups excluding carboxylic acids is 2. The molecule has 0 aromatic rings. The summed E-state index contributed by atoms with van der Waals surface area (Å²) in [5.74, 6) is -0.299. The van der Waals surface area contributed by atoms with Gasteiger partial charge in [0.1, 0.15) is 11.2 Å². The predicted molar refractivity (Wildman–Crippen MR) is 57.4 cm³/mol. The van der Waals surface area contributed by atoms with Crippen LogP contribution < -0.4 is 0 Å². The lowest BCUT2D eigenvalue weighted by atomic mass is 9.80. The molecule has 0 bridgehead atoms. The Morgan fingerprint density at radius 2 is 2.40 bits per heavy atom. The molecule has 1 fully saturated rings. The molecule has 0 aromatic carbocycles. The van der Waals surface area contributed by atoms with Crippen LogP contribution in [0.2, 0.25) is 0 Å². The van der Waals surface area contributed by atoms with Gasteiger partial charge in [-0.05, 0) is 32.1 Å². The Morgan fingerprint density at radius 3 is 2.87 bits per heavy atom. The maximum atomic E-state index is 11.8. The molecule has 0 spiro atoms. The van der Waals surface area contributed by atoms with Gasteiger partial charge in [-0.15, -0.1) is 6.58 Å². The summed E-state index contributed by atoms with van der Waals surface area (Å²) in [7, 11) is 1.35. The van der Waals surface area contributed by atoms with Gasteiger partial charge in [0.05, 0.1) is 7.11 Å². The minimum absolute atomic E-state index is 0.0541. The highest BCUT2D eigenvalue weighted by molar-refractivity contribution is 6.05. The normalized spacial score (nSPS) is 25.3. The first-order chi connectivity index (χ1) is 7.17. The summed E-state index contributed by atoms with van der Waals surface area (Å²) in [6, 6.07) is 0. The van der Waals surface area contributed by atoms with Crippen molar-refractivity contribution in [1.29, 1.82) is 0 Å². The molecule has 1 saturated carbocycles. The third kappa shape index (κ3) is 2.28. The summed E-state index contributed by atoms with van der Waals surface area (Å²) < 4.78 is 4.75. The van der Waals surface area contributed by atoms with E-state index < -0.39 is 5.41 Å². The molecule has 0 N–H and O–H groups in total. The monoisotopic (exact) mass is 210 g/mol. The Hall–Kier alpha value is -1.12. The van der Waals surface area contributed by atoms with Crippen LogP contribution in [0.1, 0.15) is 38.5 Å². The number of esters is 1. The molecular weight excluding hydrogens is 192 g/mol. The number of methoxy groups -OCH3 is 1. The van der Waals surface area contributed by atoms with Crippen LogP contribution in [-0.4, -0.2) is 18.9 Å². The zero-order chi connectivity index (χ0) is 11.3. The zero-order valence-corrected chi connectivity index (χ0v) is 9.25. The lowest BCUT2D eigenvalue weighted by molar-refractivity contribution is -0.157. The average molecular weight is 210 g/mol. The van der Waals surface area contributed by atoms with E-state index in [2.05, 4.69) is 6.58 Å². The van der Waals surface area contributed by atoms with Gasteiger partial charge in [0.2, 0.25) is 0 Å². The lowest BCUT2D eigenvalue weighted by Gasteiger charge is -2.23. The standard InChI is InChI=1S/C12H18O3/c1-3-4-5-8-12(11(14)15-2)9-6-7-10(12)13/h3H,1,4-9H2,2H3. The quantitative estimate of drug-likeness (QED) is 0.302. The molecule has 1 aliphatic rings. The molecule has 1 atom stereocenters. The number of ether oxygens (including phenoxy) is 1. The summed E-state index contributed by atoms with van der Waals surface area (Å²) >= 11 is 0. The number of rotatable bonds is 5. The minimum Gasteiger partial charge on any atom is -0.468 e. The maximum Gasteiger partial charge on any atom is 0.319 e. The maximum absolute atomic E-state index is 11.8. The largest absolute Gasteiger partial charge is 0.468 e. The van der Waals surface area contributed by atoms with E-state index in [9.17, 15) is 9.59 Å². The van der Waals surface area contributed by atoms with Crippen molar-refractivity contribution in [1.82, 2.24) is 0 Å². The van der Waals surface area contributed by atoms with Crippen molar-refractivity contribution in [3.63, 3.8) is 0 Å². The highest BCUT2D eigenvalue weighted by Gasteiger charge is 2.48. The van der Waals surface area contributed by atoms with E-state index in [-0.39, 0.29) is 11.8 Å². The Balaban J connectivity index is 2.72. The SMILES string of the molecule is C=CCCCC1(C(=O)OC)CCCC1=O. The lowest BCUT2D eigenvalue weighted by Crippen LogP contribution is -2.36. The molecule has 84 valence electrons. The second-order valence-corrected chi connectivity index (χ2v) is 4.03. The van der Waals surface area contributed by atoms with Crippen LogP contribution in [0.3, 0.4) is 0 Å². The van der Waals surface area contributed by atoms with Crippen LogP contribution in [0.25, 0.3) is 0 Å². The van der Waals surface area contributed by atoms with Crippen molar-refractivity contribution in [3.8, 4) is 0 Å². The highest BCUT2D eigenvalue weighted by atomic mass is 16.5. The number of unbranched alkanes of at least 4 members (excludes halogenated alkanes) is 1. The van der Waals surface area contributed by atoms with Crippen LogP contribution in [0.5, 0.6) is 0 Å². The number of hydrogen-bond donors (Lipinski definition) is 0. The van der Waals surface area contributed by atoms with Crippen LogP contribution in [0.4, 0.5) is 0 Å². The minimum atomic E-state index is -0.836. The van der Waals surface area contributed by atoms with E-state index >= 15 is 0 Å². The summed E-state index contributed by atoms with van der Waals surface area (Å²) in [5.41, 5.74) is -0.836. The Kier molecular flexibility index (Phi) is 4.06. The van der Waals surface area contributed by atoms with Gasteiger partial charge in [0.15, 0.2) is 0 Å². The van der Waals surface area contributed by atoms with Gasteiger partial charge < -0.3 is 4.74 Å². The highest BCUT2D eigenvalue weighted by Crippen LogP contribution is 2.40. The summed E-state index contributed by atoms with van der Waals surface area (Å²) in [6.07, 6.45) is 6.05. The Bertz CT molecular complexity index is 270. The first-order valence-electron chi connectivity index (χ1n) is 5.40. The van der Waals surface area contributed by atoms with Crippen molar-refractivity contribution in [2.45, 2.75) is 38.5 Å². The first-order valence-corrected chi connectivity index (χ1v) is 5.40. The summed E-state index contributed by atoms with van der Waals surface area (Å²) in [4.78, 5) is 23.4. The second-order valence-electron chi connectivity index (χ2n) is 4.03. The molecule has 0 aliphatic heterocycles. The number of ketones is 1. The van der Waals surface area contributed by atoms with E-state index in [0.717, 1.165) is 19.3 Å². The van der Waals surface area contributed by atoms with Gasteiger partial charge in [-0.3, -0.25) is 9.59 Å². The van der Waals surface area contributed by atoms with Crippen molar-refractivity contribution < 1.29 is 14.3 Å². The fourth-order valence-corrected chi connectivity index (χ4v) is 2.26. The molecule has 1 rings (SSSR count). The van der Waals surface area contributed by atoms with Crippen molar-refractivity contribution in [2.24, 2.45) is 5.41 Å². The molecule has 1 unspecified atom stereocenters.